The van der Waals surface area contributed by atoms with Gasteiger partial charge in [-0.1, -0.05) is 42.5 Å². The molecule has 0 saturated carbocycles. The van der Waals surface area contributed by atoms with Gasteiger partial charge in [0.25, 0.3) is 15.9 Å². The number of benzene rings is 3. The number of hydrogen-bond acceptors (Lipinski definition) is 6. The lowest BCUT2D eigenvalue weighted by atomic mass is 10.2. The fourth-order valence-electron chi connectivity index (χ4n) is 4.01. The predicted molar refractivity (Wildman–Crippen MR) is 152 cm³/mol. The van der Waals surface area contributed by atoms with Crippen LogP contribution in [0.1, 0.15) is 29.8 Å². The lowest BCUT2D eigenvalue weighted by molar-refractivity contribution is 0.0985. The van der Waals surface area contributed by atoms with Gasteiger partial charge in [-0.3, -0.25) is 14.0 Å². The first kappa shape index (κ1) is 26.8. The molecule has 0 unspecified atom stereocenters. The molecule has 0 aliphatic carbocycles. The van der Waals surface area contributed by atoms with E-state index in [0.29, 0.717) is 36.0 Å². The molecule has 0 spiro atoms. The number of carbonyl (C=O) groups is 1. The number of amides is 1. The van der Waals surface area contributed by atoms with Gasteiger partial charge in [0, 0.05) is 25.2 Å². The number of aryl methyl sites for hydroxylation is 1. The van der Waals surface area contributed by atoms with E-state index in [1.165, 1.54) is 33.3 Å². The SMILES string of the molecule is CCc1ccc2nc(N(CCN(C)C)C(=O)c3ccc(S(=O)(=O)N(CC)c4ccccc4)cc3)sc2c1. The molecule has 0 atom stereocenters. The number of sulfonamides is 1. The minimum atomic E-state index is -3.77. The zero-order valence-corrected chi connectivity index (χ0v) is 23.2. The number of hydrogen-bond donors (Lipinski definition) is 0. The molecule has 9 heteroatoms. The molecule has 4 aromatic rings. The van der Waals surface area contributed by atoms with Crippen LogP contribution in [0.2, 0.25) is 0 Å². The Kier molecular flexibility index (Phi) is 8.26. The number of fused-ring (bicyclic) bond motifs is 1. The van der Waals surface area contributed by atoms with Gasteiger partial charge in [0.15, 0.2) is 5.13 Å². The first-order valence-corrected chi connectivity index (χ1v) is 14.5. The van der Waals surface area contributed by atoms with Gasteiger partial charge < -0.3 is 4.90 Å². The van der Waals surface area contributed by atoms with Crippen molar-refractivity contribution < 1.29 is 13.2 Å². The van der Waals surface area contributed by atoms with Crippen LogP contribution >= 0.6 is 11.3 Å². The summed E-state index contributed by atoms with van der Waals surface area (Å²) in [6.07, 6.45) is 0.932. The minimum absolute atomic E-state index is 0.140. The summed E-state index contributed by atoms with van der Waals surface area (Å²) in [7, 11) is 0.144. The topological polar surface area (TPSA) is 73.8 Å². The van der Waals surface area contributed by atoms with Crippen LogP contribution in [0.15, 0.2) is 77.7 Å². The lowest BCUT2D eigenvalue weighted by Crippen LogP contribution is -2.36. The minimum Gasteiger partial charge on any atom is -0.308 e. The number of para-hydroxylation sites is 1. The molecule has 0 saturated heterocycles. The number of thiazole rings is 1. The molecule has 4 rings (SSSR count). The molecular formula is C28H32N4O3S2. The van der Waals surface area contributed by atoms with Crippen molar-refractivity contribution in [2.75, 3.05) is 42.9 Å². The maximum atomic E-state index is 13.6. The van der Waals surface area contributed by atoms with Crippen LogP contribution in [0.5, 0.6) is 0 Å². The molecule has 0 N–H and O–H groups in total. The van der Waals surface area contributed by atoms with Crippen LogP contribution in [0.4, 0.5) is 10.8 Å². The highest BCUT2D eigenvalue weighted by molar-refractivity contribution is 7.92. The molecule has 7 nitrogen and oxygen atoms in total. The highest BCUT2D eigenvalue weighted by atomic mass is 32.2. The van der Waals surface area contributed by atoms with E-state index in [4.69, 9.17) is 4.98 Å². The van der Waals surface area contributed by atoms with Crippen molar-refractivity contribution in [3.63, 3.8) is 0 Å². The fraction of sp³-hybridized carbons (Fsp3) is 0.286. The molecule has 37 heavy (non-hydrogen) atoms. The number of rotatable bonds is 10. The molecule has 0 radical (unpaired) electrons. The Bertz CT molecular complexity index is 1470. The molecule has 1 amide bonds. The van der Waals surface area contributed by atoms with Crippen LogP contribution in [0.3, 0.4) is 0 Å². The average Bonchev–Trinajstić information content (AvgIpc) is 3.32. The summed E-state index contributed by atoms with van der Waals surface area (Å²) >= 11 is 1.49. The van der Waals surface area contributed by atoms with Gasteiger partial charge in [0.05, 0.1) is 20.8 Å². The summed E-state index contributed by atoms with van der Waals surface area (Å²) in [5, 5.41) is 0.632. The maximum absolute atomic E-state index is 13.6. The molecule has 0 bridgehead atoms. The Morgan fingerprint density at radius 1 is 0.919 bits per heavy atom. The third-order valence-electron chi connectivity index (χ3n) is 6.12. The van der Waals surface area contributed by atoms with Crippen LogP contribution < -0.4 is 9.21 Å². The quantitative estimate of drug-likeness (QED) is 0.276. The first-order chi connectivity index (χ1) is 17.7. The van der Waals surface area contributed by atoms with Gasteiger partial charge in [-0.2, -0.15) is 0 Å². The van der Waals surface area contributed by atoms with Crippen molar-refractivity contribution in [2.24, 2.45) is 0 Å². The van der Waals surface area contributed by atoms with Crippen molar-refractivity contribution in [3.05, 3.63) is 83.9 Å². The van der Waals surface area contributed by atoms with E-state index in [1.807, 2.05) is 43.3 Å². The zero-order valence-electron chi connectivity index (χ0n) is 21.6. The third-order valence-corrected chi connectivity index (χ3v) is 9.08. The number of aromatic nitrogens is 1. The monoisotopic (exact) mass is 536 g/mol. The standard InChI is InChI=1S/C28H32N4O3S2/c1-5-21-12-17-25-26(20-21)36-28(29-25)31(19-18-30(3)4)27(33)22-13-15-24(16-14-22)37(34,35)32(6-2)23-10-8-7-9-11-23/h7-17,20H,5-6,18-19H2,1-4H3. The first-order valence-electron chi connectivity index (χ1n) is 12.3. The summed E-state index contributed by atoms with van der Waals surface area (Å²) in [4.78, 5) is 22.2. The molecular weight excluding hydrogens is 504 g/mol. The second-order valence-corrected chi connectivity index (χ2v) is 11.8. The largest absolute Gasteiger partial charge is 0.308 e. The summed E-state index contributed by atoms with van der Waals surface area (Å²) < 4.78 is 29.1. The fourth-order valence-corrected chi connectivity index (χ4v) is 6.54. The average molecular weight is 537 g/mol. The van der Waals surface area contributed by atoms with Crippen molar-refractivity contribution in [1.29, 1.82) is 0 Å². The van der Waals surface area contributed by atoms with Crippen molar-refractivity contribution in [2.45, 2.75) is 25.2 Å². The van der Waals surface area contributed by atoms with E-state index >= 15 is 0 Å². The van der Waals surface area contributed by atoms with Crippen molar-refractivity contribution in [1.82, 2.24) is 9.88 Å². The second-order valence-electron chi connectivity index (χ2n) is 8.94. The highest BCUT2D eigenvalue weighted by Crippen LogP contribution is 2.31. The summed E-state index contributed by atoms with van der Waals surface area (Å²) in [5.74, 6) is -0.212. The van der Waals surface area contributed by atoms with Crippen LogP contribution in [0.25, 0.3) is 10.2 Å². The third kappa shape index (κ3) is 5.84. The number of anilines is 2. The van der Waals surface area contributed by atoms with Crippen molar-refractivity contribution >= 4 is 48.3 Å². The highest BCUT2D eigenvalue weighted by Gasteiger charge is 2.25. The van der Waals surface area contributed by atoms with E-state index < -0.39 is 10.0 Å². The predicted octanol–water partition coefficient (Wildman–Crippen LogP) is 5.28. The Morgan fingerprint density at radius 2 is 1.62 bits per heavy atom. The van der Waals surface area contributed by atoms with Gasteiger partial charge in [-0.05, 0) is 81.5 Å². The molecule has 0 fully saturated rings. The smallest absolute Gasteiger partial charge is 0.264 e. The molecule has 194 valence electrons. The van der Waals surface area contributed by atoms with Gasteiger partial charge in [-0.15, -0.1) is 0 Å². The van der Waals surface area contributed by atoms with Crippen LogP contribution in [-0.4, -0.2) is 57.9 Å². The van der Waals surface area contributed by atoms with E-state index in [-0.39, 0.29) is 10.8 Å². The van der Waals surface area contributed by atoms with E-state index in [1.54, 1.807) is 36.1 Å². The molecule has 0 aliphatic heterocycles. The second kappa shape index (κ2) is 11.4. The van der Waals surface area contributed by atoms with Crippen LogP contribution in [0, 0.1) is 0 Å². The molecule has 0 aliphatic rings. The van der Waals surface area contributed by atoms with E-state index in [0.717, 1.165) is 16.6 Å². The van der Waals surface area contributed by atoms with Gasteiger partial charge >= 0.3 is 0 Å². The molecule has 1 aromatic heterocycles. The van der Waals surface area contributed by atoms with Gasteiger partial charge in [0.1, 0.15) is 0 Å². The van der Waals surface area contributed by atoms with Crippen LogP contribution in [-0.2, 0) is 16.4 Å². The Labute approximate surface area is 223 Å². The number of likely N-dealkylation sites (N-methyl/N-ethyl adjacent to an activating group) is 1. The van der Waals surface area contributed by atoms with E-state index in [9.17, 15) is 13.2 Å². The zero-order chi connectivity index (χ0) is 26.6. The van der Waals surface area contributed by atoms with E-state index in [2.05, 4.69) is 19.1 Å². The normalized spacial score (nSPS) is 11.7. The van der Waals surface area contributed by atoms with Crippen molar-refractivity contribution in [3.8, 4) is 0 Å². The molecule has 3 aromatic carbocycles. The number of nitrogens with zero attached hydrogens (tertiary/aromatic N) is 4. The Balaban J connectivity index is 1.64. The maximum Gasteiger partial charge on any atom is 0.264 e. The molecule has 1 heterocycles. The summed E-state index contributed by atoms with van der Waals surface area (Å²) in [5.41, 5.74) is 3.10. The summed E-state index contributed by atoms with van der Waals surface area (Å²) in [6.45, 7) is 5.33. The number of carbonyl (C=O) groups excluding carboxylic acids is 1. The summed E-state index contributed by atoms with van der Waals surface area (Å²) in [6, 6.07) is 21.3. The van der Waals surface area contributed by atoms with Gasteiger partial charge in [-0.25, -0.2) is 13.4 Å². The van der Waals surface area contributed by atoms with Gasteiger partial charge in [0.2, 0.25) is 0 Å². The lowest BCUT2D eigenvalue weighted by Gasteiger charge is -2.24. The Morgan fingerprint density at radius 3 is 2.24 bits per heavy atom. The Hall–Kier alpha value is -3.27.